The molecular formula is C12H13NO9S3. The van der Waals surface area contributed by atoms with E-state index in [1.165, 1.54) is 24.3 Å². The summed E-state index contributed by atoms with van der Waals surface area (Å²) in [4.78, 5) is -0.940. The molecule has 0 aliphatic heterocycles. The second-order valence-electron chi connectivity index (χ2n) is 4.88. The second kappa shape index (κ2) is 6.51. The fourth-order valence-corrected chi connectivity index (χ4v) is 4.78. The number of anilines is 1. The van der Waals surface area contributed by atoms with Gasteiger partial charge in [0.15, 0.2) is 9.84 Å². The van der Waals surface area contributed by atoms with Gasteiger partial charge in [-0.15, -0.1) is 0 Å². The number of hydrogen-bond acceptors (Lipinski definition) is 8. The smallest absolute Gasteiger partial charge is 0.397 e. The molecule has 0 aliphatic carbocycles. The van der Waals surface area contributed by atoms with Gasteiger partial charge in [0.1, 0.15) is 4.90 Å². The third-order valence-corrected chi connectivity index (χ3v) is 6.35. The van der Waals surface area contributed by atoms with Gasteiger partial charge in [0.05, 0.1) is 22.9 Å². The summed E-state index contributed by atoms with van der Waals surface area (Å²) in [7, 11) is -13.6. The lowest BCUT2D eigenvalue weighted by atomic mass is 10.1. The maximum Gasteiger partial charge on any atom is 0.397 e. The Morgan fingerprint density at radius 3 is 2.12 bits per heavy atom. The van der Waals surface area contributed by atoms with E-state index in [0.29, 0.717) is 0 Å². The Balaban J connectivity index is 2.60. The van der Waals surface area contributed by atoms with Crippen molar-refractivity contribution in [2.75, 3.05) is 18.1 Å². The molecule has 4 N–H and O–H groups in total. The lowest BCUT2D eigenvalue weighted by Gasteiger charge is -2.11. The van der Waals surface area contributed by atoms with E-state index in [9.17, 15) is 29.8 Å². The largest absolute Gasteiger partial charge is 0.398 e. The van der Waals surface area contributed by atoms with Crippen LogP contribution in [0, 0.1) is 0 Å². The molecule has 0 saturated heterocycles. The van der Waals surface area contributed by atoms with Crippen molar-refractivity contribution in [1.29, 1.82) is 0 Å². The highest BCUT2D eigenvalue weighted by Gasteiger charge is 2.23. The average Bonchev–Trinajstić information content (AvgIpc) is 2.43. The topological polar surface area (TPSA) is 178 Å². The van der Waals surface area contributed by atoms with Gasteiger partial charge in [0.2, 0.25) is 0 Å². The number of benzene rings is 2. The van der Waals surface area contributed by atoms with E-state index in [-0.39, 0.29) is 21.4 Å². The molecule has 0 aliphatic rings. The van der Waals surface area contributed by atoms with Gasteiger partial charge in [-0.25, -0.2) is 12.6 Å². The Hall–Kier alpha value is -1.77. The van der Waals surface area contributed by atoms with E-state index < -0.39 is 47.6 Å². The molecule has 0 atom stereocenters. The standard InChI is InChI=1S/C12H13NO9S3/c13-10-5-4-8-9(12(10)24(16,17)18)2-1-3-11(8)23(14,15)7-6-22-25(19,20)21/h1-5H,6-7,13H2,(H,16,17,18)(H,19,20,21). The molecule has 0 spiro atoms. The summed E-state index contributed by atoms with van der Waals surface area (Å²) in [6.07, 6.45) is 0. The second-order valence-corrected chi connectivity index (χ2v) is 9.41. The molecule has 13 heteroatoms. The van der Waals surface area contributed by atoms with Crippen molar-refractivity contribution < 1.29 is 38.5 Å². The van der Waals surface area contributed by atoms with Crippen LogP contribution < -0.4 is 5.73 Å². The van der Waals surface area contributed by atoms with E-state index in [2.05, 4.69) is 4.18 Å². The maximum absolute atomic E-state index is 12.4. The Kier molecular flexibility index (Phi) is 5.09. The molecule has 0 aromatic heterocycles. The summed E-state index contributed by atoms with van der Waals surface area (Å²) in [6.45, 7) is -0.836. The van der Waals surface area contributed by atoms with E-state index in [0.717, 1.165) is 6.07 Å². The van der Waals surface area contributed by atoms with E-state index in [1.54, 1.807) is 0 Å². The fraction of sp³-hybridized carbons (Fsp3) is 0.167. The SMILES string of the molecule is Nc1ccc2c(S(=O)(=O)CCOS(=O)(=O)O)cccc2c1S(=O)(=O)O. The van der Waals surface area contributed by atoms with Crippen molar-refractivity contribution in [1.82, 2.24) is 0 Å². The molecule has 0 amide bonds. The lowest BCUT2D eigenvalue weighted by Crippen LogP contribution is -2.16. The fourth-order valence-electron chi connectivity index (χ4n) is 2.24. The zero-order valence-electron chi connectivity index (χ0n) is 12.4. The summed E-state index contributed by atoms with van der Waals surface area (Å²) < 4.78 is 90.5. The highest BCUT2D eigenvalue weighted by Crippen LogP contribution is 2.32. The van der Waals surface area contributed by atoms with Crippen molar-refractivity contribution in [2.24, 2.45) is 0 Å². The summed E-state index contributed by atoms with van der Waals surface area (Å²) in [5.74, 6) is -0.794. The molecule has 0 unspecified atom stereocenters. The zero-order chi connectivity index (χ0) is 19.0. The molecule has 0 saturated carbocycles. The lowest BCUT2D eigenvalue weighted by molar-refractivity contribution is 0.284. The highest BCUT2D eigenvalue weighted by molar-refractivity contribution is 7.91. The minimum atomic E-state index is -4.80. The van der Waals surface area contributed by atoms with Crippen LogP contribution in [0.5, 0.6) is 0 Å². The van der Waals surface area contributed by atoms with Crippen LogP contribution in [0.1, 0.15) is 0 Å². The molecule has 0 bridgehead atoms. The van der Waals surface area contributed by atoms with Crippen molar-refractivity contribution in [2.45, 2.75) is 9.79 Å². The van der Waals surface area contributed by atoms with Gasteiger partial charge in [0.25, 0.3) is 10.1 Å². The molecule has 2 aromatic rings. The quantitative estimate of drug-likeness (QED) is 0.441. The molecular weight excluding hydrogens is 398 g/mol. The average molecular weight is 411 g/mol. The molecule has 10 nitrogen and oxygen atoms in total. The molecule has 0 fully saturated rings. The molecule has 0 heterocycles. The number of nitrogens with two attached hydrogens (primary N) is 1. The van der Waals surface area contributed by atoms with E-state index in [1.807, 2.05) is 0 Å². The molecule has 0 radical (unpaired) electrons. The van der Waals surface area contributed by atoms with Gasteiger partial charge in [0, 0.05) is 10.8 Å². The number of sulfone groups is 1. The van der Waals surface area contributed by atoms with Gasteiger partial charge in [-0.05, 0) is 12.1 Å². The van der Waals surface area contributed by atoms with Crippen LogP contribution in [0.25, 0.3) is 10.8 Å². The summed E-state index contributed by atoms with van der Waals surface area (Å²) >= 11 is 0. The minimum Gasteiger partial charge on any atom is -0.398 e. The van der Waals surface area contributed by atoms with Crippen molar-refractivity contribution in [3.05, 3.63) is 30.3 Å². The zero-order valence-corrected chi connectivity index (χ0v) is 14.8. The van der Waals surface area contributed by atoms with Gasteiger partial charge < -0.3 is 5.73 Å². The third kappa shape index (κ3) is 4.45. The Morgan fingerprint density at radius 1 is 0.920 bits per heavy atom. The van der Waals surface area contributed by atoms with Crippen molar-refractivity contribution in [3.63, 3.8) is 0 Å². The van der Waals surface area contributed by atoms with E-state index >= 15 is 0 Å². The molecule has 138 valence electrons. The monoisotopic (exact) mass is 411 g/mol. The Bertz CT molecular complexity index is 1140. The summed E-state index contributed by atoms with van der Waals surface area (Å²) in [5, 5.41) is -0.143. The summed E-state index contributed by atoms with van der Waals surface area (Å²) in [5.41, 5.74) is 5.29. The predicted octanol–water partition coefficient (Wildman–Crippen LogP) is 0.262. The van der Waals surface area contributed by atoms with Crippen molar-refractivity contribution >= 4 is 46.8 Å². The number of nitrogen functional groups attached to an aromatic ring is 1. The maximum atomic E-state index is 12.4. The van der Waals surface area contributed by atoms with Crippen LogP contribution >= 0.6 is 0 Å². The van der Waals surface area contributed by atoms with Gasteiger partial charge in [-0.2, -0.15) is 16.8 Å². The highest BCUT2D eigenvalue weighted by atomic mass is 32.3. The predicted molar refractivity (Wildman–Crippen MR) is 87.7 cm³/mol. The van der Waals surface area contributed by atoms with Crippen LogP contribution in [0.3, 0.4) is 0 Å². The van der Waals surface area contributed by atoms with Gasteiger partial charge in [-0.3, -0.25) is 9.11 Å². The van der Waals surface area contributed by atoms with Crippen LogP contribution in [-0.2, 0) is 34.5 Å². The molecule has 2 rings (SSSR count). The molecule has 2 aromatic carbocycles. The Labute approximate surface area is 143 Å². The normalized spacial score (nSPS) is 13.2. The molecule has 25 heavy (non-hydrogen) atoms. The van der Waals surface area contributed by atoms with Gasteiger partial charge in [-0.1, -0.05) is 18.2 Å². The first-order valence-corrected chi connectivity index (χ1v) is 10.9. The first-order valence-electron chi connectivity index (χ1n) is 6.46. The van der Waals surface area contributed by atoms with Crippen LogP contribution in [-0.4, -0.2) is 46.7 Å². The van der Waals surface area contributed by atoms with Crippen LogP contribution in [0.4, 0.5) is 5.69 Å². The van der Waals surface area contributed by atoms with Gasteiger partial charge >= 0.3 is 10.4 Å². The first kappa shape index (κ1) is 19.6. The van der Waals surface area contributed by atoms with E-state index in [4.69, 9.17) is 10.3 Å². The third-order valence-electron chi connectivity index (χ3n) is 3.18. The summed E-state index contributed by atoms with van der Waals surface area (Å²) in [6, 6.07) is 6.07. The number of fused-ring (bicyclic) bond motifs is 1. The Morgan fingerprint density at radius 2 is 1.56 bits per heavy atom. The first-order chi connectivity index (χ1) is 11.3. The number of hydrogen-bond donors (Lipinski definition) is 3. The minimum absolute atomic E-state index is 0.0313. The van der Waals surface area contributed by atoms with Crippen LogP contribution in [0.2, 0.25) is 0 Å². The van der Waals surface area contributed by atoms with Crippen LogP contribution in [0.15, 0.2) is 40.1 Å². The number of rotatable bonds is 6. The van der Waals surface area contributed by atoms with Crippen molar-refractivity contribution in [3.8, 4) is 0 Å².